The van der Waals surface area contributed by atoms with Gasteiger partial charge in [0.25, 0.3) is 0 Å². The van der Waals surface area contributed by atoms with Gasteiger partial charge in [-0.1, -0.05) is 12.1 Å². The number of aliphatic hydroxyl groups is 1. The predicted molar refractivity (Wildman–Crippen MR) is 68.3 cm³/mol. The molecular formula is C13H18N2O3. The molecule has 18 heavy (non-hydrogen) atoms. The molecule has 0 bridgehead atoms. The Bertz CT molecular complexity index is 386. The third-order valence-corrected chi connectivity index (χ3v) is 2.89. The molecule has 1 heterocycles. The molecule has 0 aliphatic carbocycles. The summed E-state index contributed by atoms with van der Waals surface area (Å²) in [4.78, 5) is 13.9. The molecule has 98 valence electrons. The Morgan fingerprint density at radius 1 is 1.28 bits per heavy atom. The molecule has 1 aromatic rings. The van der Waals surface area contributed by atoms with Gasteiger partial charge in [0.05, 0.1) is 26.4 Å². The predicted octanol–water partition coefficient (Wildman–Crippen LogP) is 0.450. The molecule has 0 spiro atoms. The van der Waals surface area contributed by atoms with Gasteiger partial charge in [0.2, 0.25) is 5.91 Å². The monoisotopic (exact) mass is 250 g/mol. The number of carbonyl (C=O) groups is 1. The molecular weight excluding hydrogens is 232 g/mol. The minimum absolute atomic E-state index is 0.0159. The summed E-state index contributed by atoms with van der Waals surface area (Å²) in [6.07, 6.45) is 0. The molecule has 0 atom stereocenters. The summed E-state index contributed by atoms with van der Waals surface area (Å²) in [5.41, 5.74) is 1.59. The zero-order valence-corrected chi connectivity index (χ0v) is 10.3. The molecule has 2 N–H and O–H groups in total. The van der Waals surface area contributed by atoms with Crippen LogP contribution in [-0.2, 0) is 16.1 Å². The van der Waals surface area contributed by atoms with Gasteiger partial charge >= 0.3 is 0 Å². The quantitative estimate of drug-likeness (QED) is 0.814. The van der Waals surface area contributed by atoms with Gasteiger partial charge in [-0.05, 0) is 17.7 Å². The first-order chi connectivity index (χ1) is 8.78. The van der Waals surface area contributed by atoms with Gasteiger partial charge in [-0.15, -0.1) is 0 Å². The number of amides is 1. The molecule has 1 saturated heterocycles. The number of anilines is 1. The summed E-state index contributed by atoms with van der Waals surface area (Å²) < 4.78 is 5.23. The van der Waals surface area contributed by atoms with Gasteiger partial charge in [-0.3, -0.25) is 9.69 Å². The molecule has 5 nitrogen and oxygen atoms in total. The van der Waals surface area contributed by atoms with E-state index in [0.717, 1.165) is 24.3 Å². The van der Waals surface area contributed by atoms with E-state index < -0.39 is 0 Å². The number of aliphatic hydroxyl groups excluding tert-OH is 1. The van der Waals surface area contributed by atoms with Crippen LogP contribution in [0.5, 0.6) is 0 Å². The summed E-state index contributed by atoms with van der Waals surface area (Å²) in [6, 6.07) is 7.18. The summed E-state index contributed by atoms with van der Waals surface area (Å²) in [7, 11) is 0. The molecule has 1 aliphatic rings. The number of carbonyl (C=O) groups excluding carboxylic acids is 1. The van der Waals surface area contributed by atoms with Gasteiger partial charge < -0.3 is 15.2 Å². The smallest absolute Gasteiger partial charge is 0.238 e. The van der Waals surface area contributed by atoms with Gasteiger partial charge in [-0.25, -0.2) is 0 Å². The van der Waals surface area contributed by atoms with Crippen molar-refractivity contribution in [3.8, 4) is 0 Å². The number of ether oxygens (including phenoxy) is 1. The minimum atomic E-state index is -0.0198. The number of nitrogens with one attached hydrogen (secondary N) is 1. The summed E-state index contributed by atoms with van der Waals surface area (Å²) in [5, 5.41) is 11.8. The largest absolute Gasteiger partial charge is 0.392 e. The minimum Gasteiger partial charge on any atom is -0.392 e. The fourth-order valence-corrected chi connectivity index (χ4v) is 1.86. The van der Waals surface area contributed by atoms with Crippen molar-refractivity contribution < 1.29 is 14.6 Å². The first-order valence-corrected chi connectivity index (χ1v) is 6.07. The first kappa shape index (κ1) is 13.0. The Morgan fingerprint density at radius 3 is 2.56 bits per heavy atom. The maximum Gasteiger partial charge on any atom is 0.238 e. The summed E-state index contributed by atoms with van der Waals surface area (Å²) >= 11 is 0. The maximum atomic E-state index is 11.8. The topological polar surface area (TPSA) is 61.8 Å². The van der Waals surface area contributed by atoms with Crippen LogP contribution in [0.2, 0.25) is 0 Å². The van der Waals surface area contributed by atoms with E-state index in [1.165, 1.54) is 0 Å². The molecule has 1 aliphatic heterocycles. The van der Waals surface area contributed by atoms with E-state index >= 15 is 0 Å². The standard InChI is InChI=1S/C13H18N2O3/c16-10-11-1-3-12(4-2-11)14-13(17)9-15-5-7-18-8-6-15/h1-4,16H,5-10H2,(H,14,17). The average molecular weight is 250 g/mol. The van der Waals surface area contributed by atoms with E-state index in [0.29, 0.717) is 19.8 Å². The molecule has 0 aromatic heterocycles. The van der Waals surface area contributed by atoms with E-state index in [4.69, 9.17) is 9.84 Å². The van der Waals surface area contributed by atoms with E-state index in [1.54, 1.807) is 24.3 Å². The molecule has 2 rings (SSSR count). The van der Waals surface area contributed by atoms with Crippen molar-refractivity contribution in [2.75, 3.05) is 38.2 Å². The van der Waals surface area contributed by atoms with E-state index in [2.05, 4.69) is 10.2 Å². The van der Waals surface area contributed by atoms with Crippen LogP contribution in [0.4, 0.5) is 5.69 Å². The number of rotatable bonds is 4. The number of hydrogen-bond donors (Lipinski definition) is 2. The second-order valence-corrected chi connectivity index (χ2v) is 4.29. The van der Waals surface area contributed by atoms with Crippen LogP contribution >= 0.6 is 0 Å². The van der Waals surface area contributed by atoms with Gasteiger partial charge in [0.1, 0.15) is 0 Å². The van der Waals surface area contributed by atoms with Crippen LogP contribution in [0, 0.1) is 0 Å². The Morgan fingerprint density at radius 2 is 1.94 bits per heavy atom. The fourth-order valence-electron chi connectivity index (χ4n) is 1.86. The Labute approximate surface area is 106 Å². The van der Waals surface area contributed by atoms with Crippen LogP contribution in [0.15, 0.2) is 24.3 Å². The highest BCUT2D eigenvalue weighted by Gasteiger charge is 2.13. The van der Waals surface area contributed by atoms with Crippen LogP contribution < -0.4 is 5.32 Å². The lowest BCUT2D eigenvalue weighted by atomic mass is 10.2. The first-order valence-electron chi connectivity index (χ1n) is 6.07. The zero-order chi connectivity index (χ0) is 12.8. The van der Waals surface area contributed by atoms with Crippen LogP contribution in [0.25, 0.3) is 0 Å². The average Bonchev–Trinajstić information content (AvgIpc) is 2.40. The lowest BCUT2D eigenvalue weighted by Gasteiger charge is -2.25. The van der Waals surface area contributed by atoms with Crippen molar-refractivity contribution >= 4 is 11.6 Å². The third-order valence-electron chi connectivity index (χ3n) is 2.89. The van der Waals surface area contributed by atoms with Gasteiger partial charge in [-0.2, -0.15) is 0 Å². The Hall–Kier alpha value is -1.43. The lowest BCUT2D eigenvalue weighted by Crippen LogP contribution is -2.41. The second-order valence-electron chi connectivity index (χ2n) is 4.29. The highest BCUT2D eigenvalue weighted by Crippen LogP contribution is 2.09. The van der Waals surface area contributed by atoms with Crippen molar-refractivity contribution in [1.29, 1.82) is 0 Å². The number of benzene rings is 1. The van der Waals surface area contributed by atoms with Crippen LogP contribution in [0.3, 0.4) is 0 Å². The van der Waals surface area contributed by atoms with Crippen molar-refractivity contribution in [2.45, 2.75) is 6.61 Å². The van der Waals surface area contributed by atoms with E-state index in [-0.39, 0.29) is 12.5 Å². The number of hydrogen-bond acceptors (Lipinski definition) is 4. The summed E-state index contributed by atoms with van der Waals surface area (Å²) in [5.74, 6) is -0.0198. The maximum absolute atomic E-state index is 11.8. The molecule has 0 unspecified atom stereocenters. The third kappa shape index (κ3) is 3.80. The number of morpholine rings is 1. The fraction of sp³-hybridized carbons (Fsp3) is 0.462. The van der Waals surface area contributed by atoms with Gasteiger partial charge in [0, 0.05) is 18.8 Å². The molecule has 0 saturated carbocycles. The Balaban J connectivity index is 1.82. The zero-order valence-electron chi connectivity index (χ0n) is 10.3. The molecule has 1 aromatic carbocycles. The number of nitrogens with zero attached hydrogens (tertiary/aromatic N) is 1. The van der Waals surface area contributed by atoms with E-state index in [1.807, 2.05) is 0 Å². The second kappa shape index (κ2) is 6.49. The van der Waals surface area contributed by atoms with Gasteiger partial charge in [0.15, 0.2) is 0 Å². The normalized spacial score (nSPS) is 16.5. The van der Waals surface area contributed by atoms with Crippen molar-refractivity contribution in [2.24, 2.45) is 0 Å². The highest BCUT2D eigenvalue weighted by atomic mass is 16.5. The lowest BCUT2D eigenvalue weighted by molar-refractivity contribution is -0.118. The van der Waals surface area contributed by atoms with Crippen molar-refractivity contribution in [3.05, 3.63) is 29.8 Å². The van der Waals surface area contributed by atoms with Crippen molar-refractivity contribution in [1.82, 2.24) is 4.90 Å². The van der Waals surface area contributed by atoms with Crippen LogP contribution in [-0.4, -0.2) is 48.8 Å². The Kier molecular flexibility index (Phi) is 4.69. The highest BCUT2D eigenvalue weighted by molar-refractivity contribution is 5.92. The summed E-state index contributed by atoms with van der Waals surface area (Å²) in [6.45, 7) is 3.40. The molecule has 5 heteroatoms. The molecule has 1 fully saturated rings. The molecule has 1 amide bonds. The van der Waals surface area contributed by atoms with Crippen molar-refractivity contribution in [3.63, 3.8) is 0 Å². The van der Waals surface area contributed by atoms with E-state index in [9.17, 15) is 4.79 Å². The van der Waals surface area contributed by atoms with Crippen LogP contribution in [0.1, 0.15) is 5.56 Å². The molecule has 0 radical (unpaired) electrons. The SMILES string of the molecule is O=C(CN1CCOCC1)Nc1ccc(CO)cc1.